The van der Waals surface area contributed by atoms with E-state index in [1.807, 2.05) is 0 Å². The predicted molar refractivity (Wildman–Crippen MR) is 51.7 cm³/mol. The van der Waals surface area contributed by atoms with E-state index in [0.29, 0.717) is 0 Å². The highest BCUT2D eigenvalue weighted by atomic mass is 35.5. The summed E-state index contributed by atoms with van der Waals surface area (Å²) in [6, 6.07) is 3.34. The molecule has 0 atom stereocenters. The fraction of sp³-hybridized carbons (Fsp3) is 0.111. The fourth-order valence-corrected chi connectivity index (χ4v) is 1.46. The van der Waals surface area contributed by atoms with E-state index in [0.717, 1.165) is 18.3 Å². The van der Waals surface area contributed by atoms with E-state index in [9.17, 15) is 17.6 Å². The molecule has 17 heavy (non-hydrogen) atoms. The van der Waals surface area contributed by atoms with Crippen molar-refractivity contribution in [3.05, 3.63) is 35.2 Å². The van der Waals surface area contributed by atoms with Crippen LogP contribution in [0.2, 0.25) is 5.02 Å². The Bertz CT molecular complexity index is 549. The Kier molecular flexibility index (Phi) is 2.78. The number of halogens is 5. The molecule has 2 aromatic rings. The summed E-state index contributed by atoms with van der Waals surface area (Å²) in [6.07, 6.45) is -3.92. The molecule has 0 saturated heterocycles. The maximum Gasteiger partial charge on any atom is 0.506 e. The number of aromatic nitrogens is 3. The lowest BCUT2D eigenvalue weighted by Gasteiger charge is -2.09. The van der Waals surface area contributed by atoms with Gasteiger partial charge in [0, 0.05) is 10.6 Å². The van der Waals surface area contributed by atoms with Crippen LogP contribution in [0.25, 0.3) is 11.3 Å². The molecule has 0 unspecified atom stereocenters. The average Bonchev–Trinajstić information content (AvgIpc) is 2.65. The van der Waals surface area contributed by atoms with Crippen LogP contribution in [0.15, 0.2) is 24.4 Å². The lowest BCUT2D eigenvalue weighted by Crippen LogP contribution is -2.19. The largest absolute Gasteiger partial charge is 0.506 e. The first-order valence-corrected chi connectivity index (χ1v) is 4.70. The van der Waals surface area contributed by atoms with Crippen LogP contribution in [0, 0.1) is 5.82 Å². The molecule has 0 saturated carbocycles. The number of nitrogens with zero attached hydrogens (tertiary/aromatic N) is 3. The molecule has 0 spiro atoms. The Morgan fingerprint density at radius 3 is 2.53 bits per heavy atom. The zero-order valence-electron chi connectivity index (χ0n) is 8.04. The third-order valence-corrected chi connectivity index (χ3v) is 2.23. The minimum Gasteiger partial charge on any atom is -0.206 e. The molecule has 0 fully saturated rings. The van der Waals surface area contributed by atoms with Crippen LogP contribution < -0.4 is 0 Å². The third kappa shape index (κ3) is 2.23. The highest BCUT2D eigenvalue weighted by Gasteiger charge is 2.35. The summed E-state index contributed by atoms with van der Waals surface area (Å²) in [5.74, 6) is -0.870. The Morgan fingerprint density at radius 1 is 1.24 bits per heavy atom. The lowest BCUT2D eigenvalue weighted by atomic mass is 10.1. The van der Waals surface area contributed by atoms with Gasteiger partial charge < -0.3 is 0 Å². The molecular formula is C9H4ClF4N3. The smallest absolute Gasteiger partial charge is 0.206 e. The molecule has 0 aliphatic carbocycles. The van der Waals surface area contributed by atoms with Gasteiger partial charge in [-0.2, -0.15) is 4.68 Å². The zero-order chi connectivity index (χ0) is 12.6. The third-order valence-electron chi connectivity index (χ3n) is 2.00. The van der Waals surface area contributed by atoms with Gasteiger partial charge in [0.2, 0.25) is 0 Å². The predicted octanol–water partition coefficient (Wildman–Crippen LogP) is 3.21. The van der Waals surface area contributed by atoms with Crippen LogP contribution in [-0.2, 0) is 6.30 Å². The monoisotopic (exact) mass is 265 g/mol. The molecule has 0 aliphatic heterocycles. The van der Waals surface area contributed by atoms with Crippen molar-refractivity contribution in [1.82, 2.24) is 15.0 Å². The molecule has 0 aliphatic rings. The lowest BCUT2D eigenvalue weighted by molar-refractivity contribution is -0.211. The van der Waals surface area contributed by atoms with E-state index in [1.165, 1.54) is 6.07 Å². The van der Waals surface area contributed by atoms with E-state index < -0.39 is 17.8 Å². The Balaban J connectivity index is 2.58. The van der Waals surface area contributed by atoms with Gasteiger partial charge in [-0.15, -0.1) is 18.3 Å². The van der Waals surface area contributed by atoms with Crippen molar-refractivity contribution in [2.45, 2.75) is 6.30 Å². The molecule has 1 heterocycles. The Morgan fingerprint density at radius 2 is 1.94 bits per heavy atom. The molecule has 2 rings (SSSR count). The second kappa shape index (κ2) is 3.99. The molecule has 0 amide bonds. The Hall–Kier alpha value is -1.63. The average molecular weight is 266 g/mol. The summed E-state index contributed by atoms with van der Waals surface area (Å²) >= 11 is 5.51. The first-order chi connectivity index (χ1) is 7.89. The van der Waals surface area contributed by atoms with Crippen molar-refractivity contribution < 1.29 is 17.6 Å². The van der Waals surface area contributed by atoms with Crippen LogP contribution in [0.4, 0.5) is 17.6 Å². The summed E-state index contributed by atoms with van der Waals surface area (Å²) in [5, 5.41) is 6.09. The summed E-state index contributed by atoms with van der Waals surface area (Å²) in [4.78, 5) is 0. The highest BCUT2D eigenvalue weighted by molar-refractivity contribution is 6.30. The first kappa shape index (κ1) is 11.8. The highest BCUT2D eigenvalue weighted by Crippen LogP contribution is 2.30. The number of rotatable bonds is 1. The van der Waals surface area contributed by atoms with Gasteiger partial charge in [-0.05, 0) is 18.2 Å². The molecule has 0 N–H and O–H groups in total. The second-order valence-electron chi connectivity index (χ2n) is 3.12. The minimum absolute atomic E-state index is 0.0947. The summed E-state index contributed by atoms with van der Waals surface area (Å²) in [5.41, 5.74) is -0.747. The molecule has 1 aromatic carbocycles. The fourth-order valence-electron chi connectivity index (χ4n) is 1.30. The van der Waals surface area contributed by atoms with Gasteiger partial charge >= 0.3 is 6.30 Å². The Labute approximate surface area is 97.6 Å². The first-order valence-electron chi connectivity index (χ1n) is 4.33. The quantitative estimate of drug-likeness (QED) is 0.741. The van der Waals surface area contributed by atoms with Crippen molar-refractivity contribution >= 4 is 11.6 Å². The van der Waals surface area contributed by atoms with Crippen molar-refractivity contribution in [3.63, 3.8) is 0 Å². The van der Waals surface area contributed by atoms with Crippen LogP contribution in [0.3, 0.4) is 0 Å². The van der Waals surface area contributed by atoms with E-state index in [2.05, 4.69) is 10.3 Å². The minimum atomic E-state index is -4.75. The maximum absolute atomic E-state index is 13.5. The molecule has 90 valence electrons. The van der Waals surface area contributed by atoms with Crippen LogP contribution in [-0.4, -0.2) is 15.0 Å². The summed E-state index contributed by atoms with van der Waals surface area (Å²) < 4.78 is 50.6. The van der Waals surface area contributed by atoms with Crippen LogP contribution >= 0.6 is 11.6 Å². The second-order valence-corrected chi connectivity index (χ2v) is 3.56. The van der Waals surface area contributed by atoms with Crippen LogP contribution in [0.5, 0.6) is 0 Å². The van der Waals surface area contributed by atoms with E-state index in [-0.39, 0.29) is 15.3 Å². The van der Waals surface area contributed by atoms with Gasteiger partial charge in [0.15, 0.2) is 0 Å². The van der Waals surface area contributed by atoms with E-state index >= 15 is 0 Å². The zero-order valence-corrected chi connectivity index (χ0v) is 8.80. The van der Waals surface area contributed by atoms with Crippen molar-refractivity contribution in [2.75, 3.05) is 0 Å². The van der Waals surface area contributed by atoms with Crippen molar-refractivity contribution in [1.29, 1.82) is 0 Å². The number of alkyl halides is 3. The van der Waals surface area contributed by atoms with Gasteiger partial charge in [-0.1, -0.05) is 16.8 Å². The molecule has 3 nitrogen and oxygen atoms in total. The van der Waals surface area contributed by atoms with Gasteiger partial charge in [0.1, 0.15) is 11.5 Å². The molecule has 0 radical (unpaired) electrons. The number of hydrogen-bond acceptors (Lipinski definition) is 2. The normalized spacial score (nSPS) is 11.8. The van der Waals surface area contributed by atoms with Crippen LogP contribution in [0.1, 0.15) is 0 Å². The van der Waals surface area contributed by atoms with Crippen molar-refractivity contribution in [2.24, 2.45) is 0 Å². The summed E-state index contributed by atoms with van der Waals surface area (Å²) in [7, 11) is 0. The maximum atomic E-state index is 13.5. The molecule has 8 heteroatoms. The SMILES string of the molecule is Fc1cc(Cl)ccc1-c1cnnn1C(F)(F)F. The van der Waals surface area contributed by atoms with Gasteiger partial charge in [0.25, 0.3) is 0 Å². The van der Waals surface area contributed by atoms with E-state index in [4.69, 9.17) is 11.6 Å². The van der Waals surface area contributed by atoms with Gasteiger partial charge in [-0.25, -0.2) is 4.39 Å². The van der Waals surface area contributed by atoms with Gasteiger partial charge in [-0.3, -0.25) is 0 Å². The molecule has 0 bridgehead atoms. The number of benzene rings is 1. The van der Waals surface area contributed by atoms with Crippen molar-refractivity contribution in [3.8, 4) is 11.3 Å². The van der Waals surface area contributed by atoms with E-state index in [1.54, 1.807) is 0 Å². The number of hydrogen-bond donors (Lipinski definition) is 0. The van der Waals surface area contributed by atoms with Gasteiger partial charge in [0.05, 0.1) is 6.20 Å². The standard InChI is InChI=1S/C9H4ClF4N3/c10-5-1-2-6(7(11)3-5)8-4-15-16-17(8)9(12,13)14/h1-4H. The molecule has 1 aromatic heterocycles. The molecular weight excluding hydrogens is 262 g/mol. The summed E-state index contributed by atoms with van der Waals surface area (Å²) in [6.45, 7) is 0. The topological polar surface area (TPSA) is 30.7 Å².